The summed E-state index contributed by atoms with van der Waals surface area (Å²) in [4.78, 5) is 12.1. The first-order valence-electron chi connectivity index (χ1n) is 10.7. The van der Waals surface area contributed by atoms with Gasteiger partial charge in [0, 0.05) is 31.8 Å². The van der Waals surface area contributed by atoms with E-state index in [0.29, 0.717) is 5.65 Å². The number of aromatic nitrogens is 6. The molecule has 2 aromatic carbocycles. The lowest BCUT2D eigenvalue weighted by Crippen LogP contribution is -2.17. The van der Waals surface area contributed by atoms with Crippen molar-refractivity contribution in [1.29, 1.82) is 0 Å². The van der Waals surface area contributed by atoms with Gasteiger partial charge in [-0.1, -0.05) is 36.8 Å². The van der Waals surface area contributed by atoms with Crippen LogP contribution in [0.15, 0.2) is 59.5 Å². The summed E-state index contributed by atoms with van der Waals surface area (Å²) >= 11 is 0. The minimum absolute atomic E-state index is 0.142. The number of fused-ring (bicyclic) bond motifs is 3. The fourth-order valence-corrected chi connectivity index (χ4v) is 4.62. The average Bonchev–Trinajstić information content (AvgIpc) is 3.22. The molecular formula is C24H22N6O. The summed E-state index contributed by atoms with van der Waals surface area (Å²) in [6.07, 6.45) is 6.40. The first kappa shape index (κ1) is 18.1. The summed E-state index contributed by atoms with van der Waals surface area (Å²) in [5.74, 6) is 2.05. The second-order valence-corrected chi connectivity index (χ2v) is 8.19. The Labute approximate surface area is 178 Å². The standard InChI is InChI=1S/C24H22N6O/c1-28-24(31)30-13-11-17(15-22(30)27-28)19-7-5-6-16-14-18(9-10-20(16)19)23-26-25-21-8-3-2-4-12-29(21)23/h5-7,9-11,13-15H,2-4,8,12H2,1H3. The molecule has 0 fully saturated rings. The maximum atomic E-state index is 12.1. The zero-order valence-electron chi connectivity index (χ0n) is 17.3. The predicted octanol–water partition coefficient (Wildman–Crippen LogP) is 3.84. The molecule has 7 heteroatoms. The van der Waals surface area contributed by atoms with Crippen LogP contribution in [0.4, 0.5) is 0 Å². The molecule has 0 atom stereocenters. The van der Waals surface area contributed by atoms with Crippen LogP contribution in [-0.4, -0.2) is 28.9 Å². The predicted molar refractivity (Wildman–Crippen MR) is 120 cm³/mol. The normalized spacial score (nSPS) is 14.1. The maximum Gasteiger partial charge on any atom is 0.350 e. The van der Waals surface area contributed by atoms with Crippen LogP contribution in [0.3, 0.4) is 0 Å². The lowest BCUT2D eigenvalue weighted by atomic mass is 9.97. The van der Waals surface area contributed by atoms with Crippen LogP contribution < -0.4 is 5.69 Å². The first-order valence-corrected chi connectivity index (χ1v) is 10.7. The molecule has 0 aliphatic carbocycles. The van der Waals surface area contributed by atoms with Crippen molar-refractivity contribution in [1.82, 2.24) is 28.9 Å². The third kappa shape index (κ3) is 2.88. The fourth-order valence-electron chi connectivity index (χ4n) is 4.62. The topological polar surface area (TPSA) is 70.0 Å². The molecule has 0 radical (unpaired) electrons. The number of nitrogens with zero attached hydrogens (tertiary/aromatic N) is 6. The van der Waals surface area contributed by atoms with Gasteiger partial charge in [-0.15, -0.1) is 10.2 Å². The van der Waals surface area contributed by atoms with Crippen LogP contribution in [0.1, 0.15) is 25.1 Å². The molecule has 3 aromatic heterocycles. The molecule has 0 saturated carbocycles. The van der Waals surface area contributed by atoms with E-state index in [4.69, 9.17) is 0 Å². The van der Waals surface area contributed by atoms with Gasteiger partial charge in [0.15, 0.2) is 11.5 Å². The largest absolute Gasteiger partial charge is 0.350 e. The van der Waals surface area contributed by atoms with E-state index >= 15 is 0 Å². The number of pyridine rings is 1. The van der Waals surface area contributed by atoms with Crippen LogP contribution in [0.25, 0.3) is 38.9 Å². The minimum atomic E-state index is -0.142. The second-order valence-electron chi connectivity index (χ2n) is 8.19. The Morgan fingerprint density at radius 1 is 0.935 bits per heavy atom. The third-order valence-electron chi connectivity index (χ3n) is 6.23. The molecule has 31 heavy (non-hydrogen) atoms. The average molecular weight is 410 g/mol. The number of rotatable bonds is 2. The van der Waals surface area contributed by atoms with Crippen LogP contribution in [-0.2, 0) is 20.0 Å². The lowest BCUT2D eigenvalue weighted by Gasteiger charge is -2.10. The highest BCUT2D eigenvalue weighted by atomic mass is 16.2. The van der Waals surface area contributed by atoms with Crippen molar-refractivity contribution in [3.05, 3.63) is 71.0 Å². The number of hydrogen-bond donors (Lipinski definition) is 0. The summed E-state index contributed by atoms with van der Waals surface area (Å²) in [6.45, 7) is 0.985. The molecule has 1 aliphatic rings. The van der Waals surface area contributed by atoms with Crippen molar-refractivity contribution >= 4 is 16.4 Å². The Hall–Kier alpha value is -3.74. The molecule has 0 spiro atoms. The molecule has 1 aliphatic heterocycles. The highest BCUT2D eigenvalue weighted by molar-refractivity contribution is 5.98. The Morgan fingerprint density at radius 3 is 2.81 bits per heavy atom. The molecule has 7 nitrogen and oxygen atoms in total. The summed E-state index contributed by atoms with van der Waals surface area (Å²) < 4.78 is 5.20. The van der Waals surface area contributed by atoms with Crippen molar-refractivity contribution < 1.29 is 0 Å². The van der Waals surface area contributed by atoms with Gasteiger partial charge in [0.1, 0.15) is 5.82 Å². The summed E-state index contributed by atoms with van der Waals surface area (Å²) in [6, 6.07) is 16.7. The SMILES string of the molecule is Cn1nc2cc(-c3cccc4cc(-c5nnc6n5CCCCC6)ccc34)ccn2c1=O. The molecular weight excluding hydrogens is 388 g/mol. The smallest absolute Gasteiger partial charge is 0.311 e. The second kappa shape index (κ2) is 6.91. The van der Waals surface area contributed by atoms with Gasteiger partial charge < -0.3 is 4.57 Å². The van der Waals surface area contributed by atoms with Crippen molar-refractivity contribution in [2.24, 2.45) is 7.05 Å². The van der Waals surface area contributed by atoms with Crippen molar-refractivity contribution in [3.8, 4) is 22.5 Å². The van der Waals surface area contributed by atoms with E-state index in [2.05, 4.69) is 56.3 Å². The van der Waals surface area contributed by atoms with Gasteiger partial charge in [-0.3, -0.25) is 4.40 Å². The minimum Gasteiger partial charge on any atom is -0.311 e. The van der Waals surface area contributed by atoms with Crippen LogP contribution in [0.5, 0.6) is 0 Å². The summed E-state index contributed by atoms with van der Waals surface area (Å²) in [5, 5.41) is 15.6. The number of hydrogen-bond acceptors (Lipinski definition) is 4. The Kier molecular flexibility index (Phi) is 4.02. The highest BCUT2D eigenvalue weighted by Crippen LogP contribution is 2.32. The van der Waals surface area contributed by atoms with Crippen LogP contribution in [0.2, 0.25) is 0 Å². The molecule has 0 bridgehead atoms. The van der Waals surface area contributed by atoms with Gasteiger partial charge in [-0.25, -0.2) is 9.48 Å². The van der Waals surface area contributed by atoms with E-state index in [-0.39, 0.29) is 5.69 Å². The Bertz CT molecular complexity index is 1510. The van der Waals surface area contributed by atoms with Gasteiger partial charge in [-0.05, 0) is 52.9 Å². The summed E-state index contributed by atoms with van der Waals surface area (Å²) in [7, 11) is 1.67. The quantitative estimate of drug-likeness (QED) is 0.443. The zero-order chi connectivity index (χ0) is 20.9. The fraction of sp³-hybridized carbons (Fsp3) is 0.250. The Morgan fingerprint density at radius 2 is 1.87 bits per heavy atom. The third-order valence-corrected chi connectivity index (χ3v) is 6.23. The van der Waals surface area contributed by atoms with Gasteiger partial charge >= 0.3 is 5.69 Å². The van der Waals surface area contributed by atoms with E-state index in [1.165, 1.54) is 23.9 Å². The van der Waals surface area contributed by atoms with Crippen LogP contribution in [0, 0.1) is 0 Å². The van der Waals surface area contributed by atoms with E-state index in [1.54, 1.807) is 17.6 Å². The van der Waals surface area contributed by atoms with Gasteiger partial charge in [0.2, 0.25) is 0 Å². The number of aryl methyl sites for hydroxylation is 2. The van der Waals surface area contributed by atoms with Crippen LogP contribution >= 0.6 is 0 Å². The van der Waals surface area contributed by atoms with E-state index in [9.17, 15) is 4.79 Å². The molecule has 0 amide bonds. The molecule has 5 aromatic rings. The van der Waals surface area contributed by atoms with E-state index < -0.39 is 0 Å². The molecule has 6 rings (SSSR count). The first-order chi connectivity index (χ1) is 15.2. The highest BCUT2D eigenvalue weighted by Gasteiger charge is 2.17. The molecule has 0 unspecified atom stereocenters. The zero-order valence-corrected chi connectivity index (χ0v) is 17.3. The molecule has 154 valence electrons. The van der Waals surface area contributed by atoms with E-state index in [0.717, 1.165) is 52.1 Å². The molecule has 0 saturated heterocycles. The van der Waals surface area contributed by atoms with Crippen molar-refractivity contribution in [3.63, 3.8) is 0 Å². The van der Waals surface area contributed by atoms with Gasteiger partial charge in [0.25, 0.3) is 0 Å². The van der Waals surface area contributed by atoms with Gasteiger partial charge in [0.05, 0.1) is 0 Å². The number of benzene rings is 2. The molecule has 4 heterocycles. The summed E-state index contributed by atoms with van der Waals surface area (Å²) in [5.41, 5.74) is 3.75. The van der Waals surface area contributed by atoms with E-state index in [1.807, 2.05) is 12.1 Å². The van der Waals surface area contributed by atoms with Gasteiger partial charge in [-0.2, -0.15) is 5.10 Å². The maximum absolute atomic E-state index is 12.1. The van der Waals surface area contributed by atoms with Crippen molar-refractivity contribution in [2.75, 3.05) is 0 Å². The monoisotopic (exact) mass is 410 g/mol. The molecule has 0 N–H and O–H groups in total. The van der Waals surface area contributed by atoms with Crippen molar-refractivity contribution in [2.45, 2.75) is 32.2 Å². The lowest BCUT2D eigenvalue weighted by molar-refractivity contribution is 0.637. The Balaban J connectivity index is 1.47.